The molecule has 1 saturated carbocycles. The van der Waals surface area contributed by atoms with Crippen molar-refractivity contribution in [2.24, 2.45) is 0 Å². The first-order valence-corrected chi connectivity index (χ1v) is 8.56. The first-order valence-electron chi connectivity index (χ1n) is 7.27. The summed E-state index contributed by atoms with van der Waals surface area (Å²) in [6.45, 7) is 2.76. The minimum atomic E-state index is -0.0124. The lowest BCUT2D eigenvalue weighted by Crippen LogP contribution is -2.38. The molecule has 1 heterocycles. The van der Waals surface area contributed by atoms with Crippen LogP contribution in [0.2, 0.25) is 0 Å². The summed E-state index contributed by atoms with van der Waals surface area (Å²) in [5.41, 5.74) is 0.640. The van der Waals surface area contributed by atoms with Crippen molar-refractivity contribution in [2.45, 2.75) is 43.9 Å². The Morgan fingerprint density at radius 2 is 2.15 bits per heavy atom. The molecule has 0 aliphatic heterocycles. The van der Waals surface area contributed by atoms with Crippen LogP contribution in [0.4, 0.5) is 5.82 Å². The van der Waals surface area contributed by atoms with Gasteiger partial charge in [0.2, 0.25) is 0 Å². The SMILES string of the molecule is CCNc1ncccc1C(=O)NC1CCC(SC)CC1. The molecule has 0 bridgehead atoms. The largest absolute Gasteiger partial charge is 0.370 e. The minimum Gasteiger partial charge on any atom is -0.370 e. The molecule has 0 atom stereocenters. The van der Waals surface area contributed by atoms with Gasteiger partial charge in [-0.25, -0.2) is 4.98 Å². The van der Waals surface area contributed by atoms with E-state index in [0.717, 1.165) is 24.6 Å². The van der Waals surface area contributed by atoms with Crippen LogP contribution in [0.15, 0.2) is 18.3 Å². The molecule has 1 aromatic rings. The summed E-state index contributed by atoms with van der Waals surface area (Å²) in [6, 6.07) is 3.94. The fourth-order valence-corrected chi connectivity index (χ4v) is 3.35. The fraction of sp³-hybridized carbons (Fsp3) is 0.600. The van der Waals surface area contributed by atoms with Gasteiger partial charge in [-0.15, -0.1) is 0 Å². The summed E-state index contributed by atoms with van der Waals surface area (Å²) in [5.74, 6) is 0.659. The van der Waals surface area contributed by atoms with Gasteiger partial charge < -0.3 is 10.6 Å². The third kappa shape index (κ3) is 3.88. The summed E-state index contributed by atoms with van der Waals surface area (Å²) in [5, 5.41) is 7.05. The van der Waals surface area contributed by atoms with E-state index in [9.17, 15) is 4.79 Å². The predicted molar refractivity (Wildman–Crippen MR) is 85.4 cm³/mol. The van der Waals surface area contributed by atoms with Crippen LogP contribution in [0.5, 0.6) is 0 Å². The number of rotatable bonds is 5. The standard InChI is InChI=1S/C15H23N3OS/c1-3-16-14-13(5-4-10-17-14)15(19)18-11-6-8-12(20-2)9-7-11/h4-5,10-12H,3,6-9H2,1-2H3,(H,16,17)(H,18,19). The molecular formula is C15H23N3OS. The Morgan fingerprint density at radius 1 is 1.40 bits per heavy atom. The van der Waals surface area contributed by atoms with Crippen molar-refractivity contribution in [3.63, 3.8) is 0 Å². The Balaban J connectivity index is 1.95. The monoisotopic (exact) mass is 293 g/mol. The van der Waals surface area contributed by atoms with Crippen LogP contribution >= 0.6 is 11.8 Å². The highest BCUT2D eigenvalue weighted by Gasteiger charge is 2.23. The van der Waals surface area contributed by atoms with Crippen molar-refractivity contribution in [1.29, 1.82) is 0 Å². The number of carbonyl (C=O) groups excluding carboxylic acids is 1. The van der Waals surface area contributed by atoms with Crippen LogP contribution in [0.25, 0.3) is 0 Å². The molecule has 1 fully saturated rings. The summed E-state index contributed by atoms with van der Waals surface area (Å²) in [6.07, 6.45) is 8.42. The van der Waals surface area contributed by atoms with E-state index in [2.05, 4.69) is 21.9 Å². The maximum atomic E-state index is 12.4. The first-order chi connectivity index (χ1) is 9.74. The highest BCUT2D eigenvalue weighted by Crippen LogP contribution is 2.27. The molecule has 2 N–H and O–H groups in total. The molecule has 1 aromatic heterocycles. The van der Waals surface area contributed by atoms with Gasteiger partial charge in [-0.2, -0.15) is 11.8 Å². The predicted octanol–water partition coefficient (Wildman–Crippen LogP) is 2.92. The van der Waals surface area contributed by atoms with Gasteiger partial charge in [-0.05, 0) is 51.0 Å². The Morgan fingerprint density at radius 3 is 2.80 bits per heavy atom. The van der Waals surface area contributed by atoms with E-state index in [1.807, 2.05) is 24.8 Å². The number of hydrogen-bond acceptors (Lipinski definition) is 4. The summed E-state index contributed by atoms with van der Waals surface area (Å²) in [4.78, 5) is 16.6. The normalized spacial score (nSPS) is 22.3. The molecule has 110 valence electrons. The molecule has 2 rings (SSSR count). The van der Waals surface area contributed by atoms with Crippen LogP contribution < -0.4 is 10.6 Å². The van der Waals surface area contributed by atoms with Crippen LogP contribution in [-0.4, -0.2) is 35.0 Å². The van der Waals surface area contributed by atoms with Gasteiger partial charge in [0.05, 0.1) is 5.56 Å². The van der Waals surface area contributed by atoms with Crippen LogP contribution in [0.1, 0.15) is 43.0 Å². The fourth-order valence-electron chi connectivity index (χ4n) is 2.60. The van der Waals surface area contributed by atoms with Crippen molar-refractivity contribution < 1.29 is 4.79 Å². The Bertz CT molecular complexity index is 444. The first kappa shape index (κ1) is 15.2. The molecular weight excluding hydrogens is 270 g/mol. The average molecular weight is 293 g/mol. The highest BCUT2D eigenvalue weighted by molar-refractivity contribution is 7.99. The quantitative estimate of drug-likeness (QED) is 0.876. The Labute approximate surface area is 125 Å². The van der Waals surface area contributed by atoms with Crippen LogP contribution in [0, 0.1) is 0 Å². The molecule has 0 saturated heterocycles. The molecule has 1 aliphatic rings. The van der Waals surface area contributed by atoms with E-state index in [4.69, 9.17) is 0 Å². The maximum absolute atomic E-state index is 12.4. The van der Waals surface area contributed by atoms with Crippen molar-refractivity contribution in [3.05, 3.63) is 23.9 Å². The Hall–Kier alpha value is -1.23. The molecule has 5 heteroatoms. The van der Waals surface area contributed by atoms with Crippen molar-refractivity contribution in [3.8, 4) is 0 Å². The number of pyridine rings is 1. The van der Waals surface area contributed by atoms with Crippen LogP contribution in [-0.2, 0) is 0 Å². The molecule has 4 nitrogen and oxygen atoms in total. The van der Waals surface area contributed by atoms with Gasteiger partial charge in [0.15, 0.2) is 0 Å². The zero-order valence-corrected chi connectivity index (χ0v) is 13.0. The number of nitrogens with one attached hydrogen (secondary N) is 2. The van der Waals surface area contributed by atoms with Crippen molar-refractivity contribution in [1.82, 2.24) is 10.3 Å². The zero-order chi connectivity index (χ0) is 14.4. The lowest BCUT2D eigenvalue weighted by Gasteiger charge is -2.28. The van der Waals surface area contributed by atoms with Crippen LogP contribution in [0.3, 0.4) is 0 Å². The van der Waals surface area contributed by atoms with Gasteiger partial charge in [0.25, 0.3) is 5.91 Å². The topological polar surface area (TPSA) is 54.0 Å². The summed E-state index contributed by atoms with van der Waals surface area (Å²) >= 11 is 1.94. The third-order valence-electron chi connectivity index (χ3n) is 3.74. The Kier molecular flexibility index (Phi) is 5.71. The second kappa shape index (κ2) is 7.53. The molecule has 1 aliphatic carbocycles. The van der Waals surface area contributed by atoms with E-state index in [0.29, 0.717) is 17.4 Å². The number of nitrogens with zero attached hydrogens (tertiary/aromatic N) is 1. The van der Waals surface area contributed by atoms with E-state index >= 15 is 0 Å². The van der Waals surface area contributed by atoms with Crippen molar-refractivity contribution >= 4 is 23.5 Å². The molecule has 20 heavy (non-hydrogen) atoms. The second-order valence-electron chi connectivity index (χ2n) is 5.11. The molecule has 0 radical (unpaired) electrons. The molecule has 0 aromatic carbocycles. The van der Waals surface area contributed by atoms with E-state index < -0.39 is 0 Å². The number of carbonyl (C=O) groups is 1. The lowest BCUT2D eigenvalue weighted by molar-refractivity contribution is 0.0928. The zero-order valence-electron chi connectivity index (χ0n) is 12.2. The number of aromatic nitrogens is 1. The second-order valence-corrected chi connectivity index (χ2v) is 6.25. The van der Waals surface area contributed by atoms with E-state index in [1.165, 1.54) is 12.8 Å². The number of hydrogen-bond donors (Lipinski definition) is 2. The average Bonchev–Trinajstić information content (AvgIpc) is 2.49. The van der Waals surface area contributed by atoms with Gasteiger partial charge in [-0.1, -0.05) is 0 Å². The number of amides is 1. The van der Waals surface area contributed by atoms with Gasteiger partial charge in [0.1, 0.15) is 5.82 Å². The highest BCUT2D eigenvalue weighted by atomic mass is 32.2. The van der Waals surface area contributed by atoms with Crippen molar-refractivity contribution in [2.75, 3.05) is 18.1 Å². The smallest absolute Gasteiger partial charge is 0.255 e. The van der Waals surface area contributed by atoms with E-state index in [-0.39, 0.29) is 5.91 Å². The number of anilines is 1. The number of thioether (sulfide) groups is 1. The lowest BCUT2D eigenvalue weighted by atomic mass is 9.94. The summed E-state index contributed by atoms with van der Waals surface area (Å²) < 4.78 is 0. The molecule has 1 amide bonds. The van der Waals surface area contributed by atoms with Gasteiger partial charge in [0, 0.05) is 24.0 Å². The molecule has 0 unspecified atom stereocenters. The minimum absolute atomic E-state index is 0.0124. The van der Waals surface area contributed by atoms with Gasteiger partial charge in [-0.3, -0.25) is 4.79 Å². The maximum Gasteiger partial charge on any atom is 0.255 e. The third-order valence-corrected chi connectivity index (χ3v) is 4.88. The van der Waals surface area contributed by atoms with Gasteiger partial charge >= 0.3 is 0 Å². The van der Waals surface area contributed by atoms with E-state index in [1.54, 1.807) is 12.3 Å². The summed E-state index contributed by atoms with van der Waals surface area (Å²) in [7, 11) is 0. The molecule has 0 spiro atoms.